The lowest BCUT2D eigenvalue weighted by atomic mass is 9.99. The van der Waals surface area contributed by atoms with Crippen LogP contribution in [0.15, 0.2) is 140 Å². The zero-order chi connectivity index (χ0) is 23.9. The summed E-state index contributed by atoms with van der Waals surface area (Å²) in [6.45, 7) is 0. The molecule has 0 aliphatic carbocycles. The van der Waals surface area contributed by atoms with Crippen LogP contribution < -0.4 is 5.32 Å². The Kier molecular flexibility index (Phi) is 4.82. The summed E-state index contributed by atoms with van der Waals surface area (Å²) in [6.07, 6.45) is 0. The van der Waals surface area contributed by atoms with Gasteiger partial charge in [-0.05, 0) is 70.4 Å². The van der Waals surface area contributed by atoms with Crippen molar-refractivity contribution in [3.8, 4) is 16.8 Å². The lowest BCUT2D eigenvalue weighted by Crippen LogP contribution is -1.93. The molecule has 7 aromatic rings. The molecule has 1 N–H and O–H groups in total. The molecule has 7 rings (SSSR count). The largest absolute Gasteiger partial charge is 0.355 e. The molecule has 170 valence electrons. The third-order valence-electron chi connectivity index (χ3n) is 6.92. The number of fused-ring (bicyclic) bond motifs is 4. The van der Waals surface area contributed by atoms with Crippen LogP contribution in [0.3, 0.4) is 0 Å². The number of hydrogen-bond donors (Lipinski definition) is 1. The Morgan fingerprint density at radius 1 is 0.472 bits per heavy atom. The molecule has 6 aromatic carbocycles. The predicted octanol–water partition coefficient (Wildman–Crippen LogP) is 9.35. The first-order valence-electron chi connectivity index (χ1n) is 12.3. The minimum Gasteiger partial charge on any atom is -0.355 e. The zero-order valence-electron chi connectivity index (χ0n) is 19.7. The van der Waals surface area contributed by atoms with Crippen LogP contribution >= 0.6 is 0 Å². The van der Waals surface area contributed by atoms with Crippen molar-refractivity contribution in [2.45, 2.75) is 0 Å². The zero-order valence-corrected chi connectivity index (χ0v) is 19.7. The third-order valence-corrected chi connectivity index (χ3v) is 6.92. The fourth-order valence-corrected chi connectivity index (χ4v) is 5.31. The van der Waals surface area contributed by atoms with Crippen LogP contribution in [0, 0.1) is 0 Å². The van der Waals surface area contributed by atoms with Crippen molar-refractivity contribution in [3.63, 3.8) is 0 Å². The van der Waals surface area contributed by atoms with Crippen LogP contribution in [0.5, 0.6) is 0 Å². The molecule has 2 nitrogen and oxygen atoms in total. The minimum atomic E-state index is 1.08. The van der Waals surface area contributed by atoms with Gasteiger partial charge in [-0.1, -0.05) is 91.0 Å². The highest BCUT2D eigenvalue weighted by Gasteiger charge is 2.15. The van der Waals surface area contributed by atoms with Gasteiger partial charge in [0, 0.05) is 27.8 Å². The number of para-hydroxylation sites is 2. The summed E-state index contributed by atoms with van der Waals surface area (Å²) in [5.41, 5.74) is 8.20. The van der Waals surface area contributed by atoms with Crippen molar-refractivity contribution in [2.24, 2.45) is 0 Å². The number of nitrogens with zero attached hydrogens (tertiary/aromatic N) is 1. The summed E-state index contributed by atoms with van der Waals surface area (Å²) >= 11 is 0. The van der Waals surface area contributed by atoms with Crippen LogP contribution in [-0.2, 0) is 0 Å². The van der Waals surface area contributed by atoms with Crippen LogP contribution in [0.4, 0.5) is 11.4 Å². The molecular weight excluding hydrogens is 436 g/mol. The first-order chi connectivity index (χ1) is 17.8. The monoisotopic (exact) mass is 460 g/mol. The molecule has 1 heterocycles. The summed E-state index contributed by atoms with van der Waals surface area (Å²) < 4.78 is 2.37. The van der Waals surface area contributed by atoms with E-state index in [0.717, 1.165) is 11.4 Å². The standard InChI is InChI=1S/C34H24N2/c1-2-14-29(15-3-1)36-32-18-7-6-16-31(32)34-30(17-9-19-33(34)36)26-12-8-13-27(23-26)35-28-21-20-24-10-4-5-11-25(24)22-28/h1-23,35H. The van der Waals surface area contributed by atoms with E-state index in [-0.39, 0.29) is 0 Å². The van der Waals surface area contributed by atoms with E-state index in [0.29, 0.717) is 0 Å². The van der Waals surface area contributed by atoms with E-state index < -0.39 is 0 Å². The third kappa shape index (κ3) is 3.43. The quantitative estimate of drug-likeness (QED) is 0.277. The van der Waals surface area contributed by atoms with E-state index in [9.17, 15) is 0 Å². The molecule has 0 aliphatic rings. The number of anilines is 2. The first-order valence-corrected chi connectivity index (χ1v) is 12.3. The van der Waals surface area contributed by atoms with E-state index in [2.05, 4.69) is 149 Å². The van der Waals surface area contributed by atoms with Gasteiger partial charge in [0.25, 0.3) is 0 Å². The van der Waals surface area contributed by atoms with Crippen molar-refractivity contribution in [3.05, 3.63) is 140 Å². The van der Waals surface area contributed by atoms with Crippen LogP contribution in [0.1, 0.15) is 0 Å². The molecule has 36 heavy (non-hydrogen) atoms. The summed E-state index contributed by atoms with van der Waals surface area (Å²) in [7, 11) is 0. The lowest BCUT2D eigenvalue weighted by Gasteiger charge is -2.11. The molecule has 0 saturated carbocycles. The molecule has 0 aliphatic heterocycles. The van der Waals surface area contributed by atoms with Gasteiger partial charge in [0.05, 0.1) is 11.0 Å². The van der Waals surface area contributed by atoms with Gasteiger partial charge in [-0.2, -0.15) is 0 Å². The second-order valence-corrected chi connectivity index (χ2v) is 9.16. The number of benzene rings is 6. The molecule has 0 bridgehead atoms. The number of aromatic nitrogens is 1. The van der Waals surface area contributed by atoms with Crippen molar-refractivity contribution >= 4 is 44.0 Å². The maximum Gasteiger partial charge on any atom is 0.0547 e. The van der Waals surface area contributed by atoms with E-state index >= 15 is 0 Å². The van der Waals surface area contributed by atoms with E-state index in [4.69, 9.17) is 0 Å². The van der Waals surface area contributed by atoms with E-state index in [1.54, 1.807) is 0 Å². The second-order valence-electron chi connectivity index (χ2n) is 9.16. The smallest absolute Gasteiger partial charge is 0.0547 e. The molecule has 1 aromatic heterocycles. The van der Waals surface area contributed by atoms with Gasteiger partial charge in [0.1, 0.15) is 0 Å². The van der Waals surface area contributed by atoms with Gasteiger partial charge in [0.15, 0.2) is 0 Å². The maximum atomic E-state index is 3.62. The minimum absolute atomic E-state index is 1.08. The second kappa shape index (κ2) is 8.44. The topological polar surface area (TPSA) is 17.0 Å². The number of rotatable bonds is 4. The Hall–Kier alpha value is -4.82. The highest BCUT2D eigenvalue weighted by molar-refractivity contribution is 6.15. The highest BCUT2D eigenvalue weighted by atomic mass is 15.0. The average molecular weight is 461 g/mol. The Labute approximate surface area is 210 Å². The molecule has 0 atom stereocenters. The molecule has 0 spiro atoms. The molecule has 0 amide bonds. The number of nitrogens with one attached hydrogen (secondary N) is 1. The number of hydrogen-bond acceptors (Lipinski definition) is 1. The highest BCUT2D eigenvalue weighted by Crippen LogP contribution is 2.39. The van der Waals surface area contributed by atoms with Gasteiger partial charge in [-0.25, -0.2) is 0 Å². The molecule has 0 radical (unpaired) electrons. The van der Waals surface area contributed by atoms with Crippen molar-refractivity contribution in [1.29, 1.82) is 0 Å². The Balaban J connectivity index is 1.37. The molecule has 0 unspecified atom stereocenters. The Bertz CT molecular complexity index is 1860. The first kappa shape index (κ1) is 20.5. The Morgan fingerprint density at radius 2 is 1.19 bits per heavy atom. The van der Waals surface area contributed by atoms with Gasteiger partial charge in [-0.15, -0.1) is 0 Å². The van der Waals surface area contributed by atoms with Crippen molar-refractivity contribution in [2.75, 3.05) is 5.32 Å². The molecule has 2 heteroatoms. The van der Waals surface area contributed by atoms with E-state index in [1.807, 2.05) is 0 Å². The van der Waals surface area contributed by atoms with Gasteiger partial charge in [0.2, 0.25) is 0 Å². The Morgan fingerprint density at radius 3 is 2.11 bits per heavy atom. The fourth-order valence-electron chi connectivity index (χ4n) is 5.31. The van der Waals surface area contributed by atoms with Crippen LogP contribution in [0.25, 0.3) is 49.4 Å². The lowest BCUT2D eigenvalue weighted by molar-refractivity contribution is 1.18. The summed E-state index contributed by atoms with van der Waals surface area (Å²) in [6, 6.07) is 49.6. The van der Waals surface area contributed by atoms with Gasteiger partial charge >= 0.3 is 0 Å². The summed E-state index contributed by atoms with van der Waals surface area (Å²) in [5.74, 6) is 0. The summed E-state index contributed by atoms with van der Waals surface area (Å²) in [4.78, 5) is 0. The van der Waals surface area contributed by atoms with Crippen LogP contribution in [0.2, 0.25) is 0 Å². The predicted molar refractivity (Wildman–Crippen MR) is 153 cm³/mol. The molecular formula is C34H24N2. The summed E-state index contributed by atoms with van der Waals surface area (Å²) in [5, 5.41) is 8.64. The van der Waals surface area contributed by atoms with Crippen molar-refractivity contribution < 1.29 is 0 Å². The fraction of sp³-hybridized carbons (Fsp3) is 0. The van der Waals surface area contributed by atoms with E-state index in [1.165, 1.54) is 49.4 Å². The molecule has 0 saturated heterocycles. The molecule has 0 fully saturated rings. The average Bonchev–Trinajstić information content (AvgIpc) is 3.28. The van der Waals surface area contributed by atoms with Crippen molar-refractivity contribution in [1.82, 2.24) is 4.57 Å². The van der Waals surface area contributed by atoms with Gasteiger partial charge in [-0.3, -0.25) is 0 Å². The maximum absolute atomic E-state index is 3.62. The normalized spacial score (nSPS) is 11.3. The van der Waals surface area contributed by atoms with Gasteiger partial charge < -0.3 is 9.88 Å². The van der Waals surface area contributed by atoms with Crippen LogP contribution in [-0.4, -0.2) is 4.57 Å². The SMILES string of the molecule is c1ccc(-n2c3ccccc3c3c(-c4cccc(Nc5ccc6ccccc6c5)c4)cccc32)cc1.